The van der Waals surface area contributed by atoms with Gasteiger partial charge < -0.3 is 15.2 Å². The second-order valence-corrected chi connectivity index (χ2v) is 3.44. The van der Waals surface area contributed by atoms with Gasteiger partial charge in [-0.25, -0.2) is 4.79 Å². The molecule has 5 nitrogen and oxygen atoms in total. The number of rotatable bonds is 7. The number of carboxylic acids is 1. The summed E-state index contributed by atoms with van der Waals surface area (Å²) in [6, 6.07) is 0. The Morgan fingerprint density at radius 3 is 2.71 bits per heavy atom. The zero-order chi connectivity index (χ0) is 10.4. The maximum Gasteiger partial charge on any atom is 0.329 e. The average molecular weight is 201 g/mol. The van der Waals surface area contributed by atoms with Crippen LogP contribution in [-0.2, 0) is 14.3 Å². The van der Waals surface area contributed by atoms with Crippen LogP contribution in [0.4, 0.5) is 0 Å². The molecule has 0 saturated heterocycles. The molecule has 0 aromatic carbocycles. The molecule has 80 valence electrons. The van der Waals surface area contributed by atoms with Crippen molar-refractivity contribution in [2.75, 3.05) is 19.8 Å². The molecule has 1 amide bonds. The molecule has 14 heavy (non-hydrogen) atoms. The van der Waals surface area contributed by atoms with E-state index in [9.17, 15) is 9.59 Å². The Kier molecular flexibility index (Phi) is 4.39. The molecule has 0 aromatic rings. The van der Waals surface area contributed by atoms with E-state index in [4.69, 9.17) is 9.84 Å². The lowest BCUT2D eigenvalue weighted by Gasteiger charge is -2.04. The number of carbonyl (C=O) groups is 2. The lowest BCUT2D eigenvalue weighted by molar-refractivity contribution is -0.142. The van der Waals surface area contributed by atoms with Crippen LogP contribution in [0.15, 0.2) is 0 Å². The Morgan fingerprint density at radius 2 is 2.14 bits per heavy atom. The second-order valence-electron chi connectivity index (χ2n) is 3.44. The Morgan fingerprint density at radius 1 is 1.43 bits per heavy atom. The lowest BCUT2D eigenvalue weighted by atomic mass is 10.3. The Bertz CT molecular complexity index is 213. The van der Waals surface area contributed by atoms with Gasteiger partial charge in [-0.1, -0.05) is 0 Å². The van der Waals surface area contributed by atoms with Crippen LogP contribution in [0.25, 0.3) is 0 Å². The summed E-state index contributed by atoms with van der Waals surface area (Å²) in [7, 11) is 0. The zero-order valence-corrected chi connectivity index (χ0v) is 7.99. The van der Waals surface area contributed by atoms with Crippen molar-refractivity contribution in [3.8, 4) is 0 Å². The second kappa shape index (κ2) is 5.59. The number of carboxylic acid groups (broad SMARTS) is 1. The van der Waals surface area contributed by atoms with Gasteiger partial charge in [-0.2, -0.15) is 0 Å². The predicted octanol–water partition coefficient (Wildman–Crippen LogP) is 0.00390. The van der Waals surface area contributed by atoms with Crippen molar-refractivity contribution in [2.24, 2.45) is 5.92 Å². The summed E-state index contributed by atoms with van der Waals surface area (Å²) in [6.45, 7) is 0.333. The summed E-state index contributed by atoms with van der Waals surface area (Å²) >= 11 is 0. The van der Waals surface area contributed by atoms with E-state index < -0.39 is 5.97 Å². The van der Waals surface area contributed by atoms with Crippen molar-refractivity contribution in [3.63, 3.8) is 0 Å². The smallest absolute Gasteiger partial charge is 0.329 e. The first-order valence-corrected chi connectivity index (χ1v) is 4.74. The average Bonchev–Trinajstić information content (AvgIpc) is 2.87. The molecule has 0 unspecified atom stereocenters. The highest BCUT2D eigenvalue weighted by Gasteiger charge is 2.23. The minimum Gasteiger partial charge on any atom is -0.480 e. The predicted molar refractivity (Wildman–Crippen MR) is 48.8 cm³/mol. The zero-order valence-electron chi connectivity index (χ0n) is 7.99. The van der Waals surface area contributed by atoms with E-state index in [1.807, 2.05) is 0 Å². The van der Waals surface area contributed by atoms with Crippen molar-refractivity contribution in [2.45, 2.75) is 19.3 Å². The van der Waals surface area contributed by atoms with E-state index in [0.29, 0.717) is 18.9 Å². The van der Waals surface area contributed by atoms with Crippen LogP contribution in [-0.4, -0.2) is 36.7 Å². The van der Waals surface area contributed by atoms with E-state index in [2.05, 4.69) is 5.32 Å². The number of ether oxygens (including phenoxy) is 1. The van der Waals surface area contributed by atoms with Crippen LogP contribution in [0.3, 0.4) is 0 Å². The molecule has 0 aromatic heterocycles. The van der Waals surface area contributed by atoms with E-state index in [1.165, 1.54) is 0 Å². The molecule has 2 N–H and O–H groups in total. The number of amides is 1. The van der Waals surface area contributed by atoms with Crippen molar-refractivity contribution in [1.29, 1.82) is 0 Å². The molecule has 0 radical (unpaired) electrons. The summed E-state index contributed by atoms with van der Waals surface area (Å²) < 4.78 is 4.75. The van der Waals surface area contributed by atoms with Gasteiger partial charge in [-0.3, -0.25) is 4.79 Å². The fraction of sp³-hybridized carbons (Fsp3) is 0.778. The Hall–Kier alpha value is -1.10. The minimum absolute atomic E-state index is 0.0337. The molecule has 0 aliphatic heterocycles. The number of aliphatic carboxylic acids is 1. The van der Waals surface area contributed by atoms with Gasteiger partial charge in [0.05, 0.1) is 6.61 Å². The molecule has 1 rings (SSSR count). The van der Waals surface area contributed by atoms with Gasteiger partial charge in [0.25, 0.3) is 0 Å². The minimum atomic E-state index is -0.991. The molecule has 1 aliphatic rings. The van der Waals surface area contributed by atoms with Crippen LogP contribution in [0.2, 0.25) is 0 Å². The van der Waals surface area contributed by atoms with Crippen LogP contribution >= 0.6 is 0 Å². The number of nitrogens with one attached hydrogen (secondary N) is 1. The van der Waals surface area contributed by atoms with Crippen LogP contribution in [0, 0.1) is 5.92 Å². The van der Waals surface area contributed by atoms with Crippen molar-refractivity contribution in [3.05, 3.63) is 0 Å². The quantitative estimate of drug-likeness (QED) is 0.569. The van der Waals surface area contributed by atoms with E-state index in [1.54, 1.807) is 0 Å². The maximum atomic E-state index is 11.1. The first-order valence-electron chi connectivity index (χ1n) is 4.74. The summed E-state index contributed by atoms with van der Waals surface area (Å²) in [5.41, 5.74) is 0. The number of hydrogen-bond acceptors (Lipinski definition) is 3. The van der Waals surface area contributed by atoms with Gasteiger partial charge in [0.15, 0.2) is 0 Å². The third-order valence-corrected chi connectivity index (χ3v) is 1.97. The fourth-order valence-electron chi connectivity index (χ4n) is 1.08. The summed E-state index contributed by atoms with van der Waals surface area (Å²) in [6.07, 6.45) is 2.91. The molecule has 5 heteroatoms. The van der Waals surface area contributed by atoms with Crippen LogP contribution < -0.4 is 5.32 Å². The molecule has 1 fully saturated rings. The molecule has 0 heterocycles. The van der Waals surface area contributed by atoms with Crippen molar-refractivity contribution in [1.82, 2.24) is 5.32 Å². The normalized spacial score (nSPS) is 15.1. The SMILES string of the molecule is O=C(O)COCCNC(=O)CC1CC1. The van der Waals surface area contributed by atoms with Gasteiger partial charge in [0.1, 0.15) is 6.61 Å². The summed E-state index contributed by atoms with van der Waals surface area (Å²) in [4.78, 5) is 21.1. The lowest BCUT2D eigenvalue weighted by Crippen LogP contribution is -2.28. The Balaban J connectivity index is 1.87. The Labute approximate surface area is 82.4 Å². The third kappa shape index (κ3) is 5.53. The summed E-state index contributed by atoms with van der Waals surface area (Å²) in [5, 5.41) is 10.9. The van der Waals surface area contributed by atoms with Gasteiger partial charge in [-0.05, 0) is 18.8 Å². The number of hydrogen-bond donors (Lipinski definition) is 2. The third-order valence-electron chi connectivity index (χ3n) is 1.97. The molecular formula is C9H15NO4. The summed E-state index contributed by atoms with van der Waals surface area (Å²) in [5.74, 6) is -0.379. The molecule has 1 aliphatic carbocycles. The van der Waals surface area contributed by atoms with E-state index in [0.717, 1.165) is 12.8 Å². The van der Waals surface area contributed by atoms with Gasteiger partial charge >= 0.3 is 5.97 Å². The van der Waals surface area contributed by atoms with E-state index >= 15 is 0 Å². The highest BCUT2D eigenvalue weighted by molar-refractivity contribution is 5.76. The largest absolute Gasteiger partial charge is 0.480 e. The molecule has 0 bridgehead atoms. The molecule has 1 saturated carbocycles. The number of carbonyl (C=O) groups excluding carboxylic acids is 1. The molecule has 0 atom stereocenters. The topological polar surface area (TPSA) is 75.6 Å². The standard InChI is InChI=1S/C9H15NO4/c11-8(5-7-1-2-7)10-3-4-14-6-9(12)13/h7H,1-6H2,(H,10,11)(H,12,13). The molecule has 0 spiro atoms. The van der Waals surface area contributed by atoms with Crippen LogP contribution in [0.5, 0.6) is 0 Å². The first-order chi connectivity index (χ1) is 6.68. The van der Waals surface area contributed by atoms with Gasteiger partial charge in [0, 0.05) is 13.0 Å². The maximum absolute atomic E-state index is 11.1. The van der Waals surface area contributed by atoms with Crippen molar-refractivity contribution >= 4 is 11.9 Å². The monoisotopic (exact) mass is 201 g/mol. The van der Waals surface area contributed by atoms with Crippen molar-refractivity contribution < 1.29 is 19.4 Å². The van der Waals surface area contributed by atoms with Crippen LogP contribution in [0.1, 0.15) is 19.3 Å². The fourth-order valence-corrected chi connectivity index (χ4v) is 1.08. The highest BCUT2D eigenvalue weighted by atomic mass is 16.5. The van der Waals surface area contributed by atoms with Gasteiger partial charge in [-0.15, -0.1) is 0 Å². The highest BCUT2D eigenvalue weighted by Crippen LogP contribution is 2.31. The van der Waals surface area contributed by atoms with E-state index in [-0.39, 0.29) is 19.1 Å². The van der Waals surface area contributed by atoms with Gasteiger partial charge in [0.2, 0.25) is 5.91 Å². The molecular weight excluding hydrogens is 186 g/mol. The first kappa shape index (κ1) is 11.0.